The topological polar surface area (TPSA) is 104 Å². The van der Waals surface area contributed by atoms with E-state index in [1.807, 2.05) is 17.5 Å². The molecule has 4 rings (SSSR count). The standard InChI is InChI=1S/C20H22N4O4S2/c1-28-17-8-7-14(12-19(17)30(26,27)24-9-3-2-4-10-24)21-20(25)16-13-15(22-23-16)18-6-5-11-29-18/h5-8,11-13H,2-4,9-10H2,1H3,(H,21,25)(H,22,23). The first-order valence-electron chi connectivity index (χ1n) is 9.58. The Bertz CT molecular complexity index is 1130. The third-order valence-corrected chi connectivity index (χ3v) is 7.77. The van der Waals surface area contributed by atoms with Crippen LogP contribution in [0.3, 0.4) is 0 Å². The highest BCUT2D eigenvalue weighted by Gasteiger charge is 2.29. The molecule has 0 saturated carbocycles. The summed E-state index contributed by atoms with van der Waals surface area (Å²) in [7, 11) is -2.29. The number of methoxy groups -OCH3 is 1. The second-order valence-electron chi connectivity index (χ2n) is 6.93. The molecule has 0 atom stereocenters. The van der Waals surface area contributed by atoms with Gasteiger partial charge >= 0.3 is 0 Å². The SMILES string of the molecule is COc1ccc(NC(=O)c2cc(-c3cccs3)[nH]n2)cc1S(=O)(=O)N1CCCCC1. The maximum Gasteiger partial charge on any atom is 0.276 e. The number of amides is 1. The molecule has 0 spiro atoms. The van der Waals surface area contributed by atoms with Gasteiger partial charge in [0.25, 0.3) is 5.91 Å². The van der Waals surface area contributed by atoms with E-state index in [9.17, 15) is 13.2 Å². The van der Waals surface area contributed by atoms with Crippen LogP contribution in [-0.2, 0) is 10.0 Å². The van der Waals surface area contributed by atoms with Crippen LogP contribution < -0.4 is 10.1 Å². The van der Waals surface area contributed by atoms with Gasteiger partial charge in [-0.25, -0.2) is 8.42 Å². The quantitative estimate of drug-likeness (QED) is 0.602. The van der Waals surface area contributed by atoms with Gasteiger partial charge in [-0.15, -0.1) is 11.3 Å². The van der Waals surface area contributed by atoms with Crippen molar-refractivity contribution >= 4 is 33.0 Å². The molecule has 1 saturated heterocycles. The number of ether oxygens (including phenoxy) is 1. The molecule has 10 heteroatoms. The Hall–Kier alpha value is -2.69. The molecule has 30 heavy (non-hydrogen) atoms. The van der Waals surface area contributed by atoms with Crippen molar-refractivity contribution in [3.05, 3.63) is 47.5 Å². The third-order valence-electron chi connectivity index (χ3n) is 4.95. The maximum atomic E-state index is 13.1. The molecular weight excluding hydrogens is 424 g/mol. The van der Waals surface area contributed by atoms with Crippen molar-refractivity contribution in [2.45, 2.75) is 24.2 Å². The van der Waals surface area contributed by atoms with Gasteiger partial charge in [0.05, 0.1) is 17.7 Å². The van der Waals surface area contributed by atoms with Crippen molar-refractivity contribution in [3.63, 3.8) is 0 Å². The number of benzene rings is 1. The molecule has 158 valence electrons. The predicted octanol–water partition coefficient (Wildman–Crippen LogP) is 3.57. The lowest BCUT2D eigenvalue weighted by Gasteiger charge is -2.26. The number of piperidine rings is 1. The lowest BCUT2D eigenvalue weighted by atomic mass is 10.2. The van der Waals surface area contributed by atoms with Gasteiger partial charge in [0, 0.05) is 18.8 Å². The van der Waals surface area contributed by atoms with Crippen molar-refractivity contribution in [2.75, 3.05) is 25.5 Å². The average molecular weight is 447 g/mol. The summed E-state index contributed by atoms with van der Waals surface area (Å²) in [6.07, 6.45) is 2.70. The fourth-order valence-electron chi connectivity index (χ4n) is 3.39. The number of rotatable bonds is 6. The van der Waals surface area contributed by atoms with Gasteiger partial charge in [0.2, 0.25) is 10.0 Å². The van der Waals surface area contributed by atoms with Crippen LogP contribution in [0.1, 0.15) is 29.8 Å². The lowest BCUT2D eigenvalue weighted by molar-refractivity contribution is 0.102. The van der Waals surface area contributed by atoms with Crippen molar-refractivity contribution in [1.82, 2.24) is 14.5 Å². The van der Waals surface area contributed by atoms with Gasteiger partial charge in [-0.05, 0) is 48.6 Å². The van der Waals surface area contributed by atoms with E-state index in [4.69, 9.17) is 4.74 Å². The molecule has 8 nitrogen and oxygen atoms in total. The molecule has 1 aromatic carbocycles. The van der Waals surface area contributed by atoms with Crippen LogP contribution in [0.25, 0.3) is 10.6 Å². The van der Waals surface area contributed by atoms with Gasteiger partial charge in [-0.3, -0.25) is 9.89 Å². The summed E-state index contributed by atoms with van der Waals surface area (Å²) in [4.78, 5) is 13.7. The highest BCUT2D eigenvalue weighted by molar-refractivity contribution is 7.89. The number of nitrogens with zero attached hydrogens (tertiary/aromatic N) is 2. The second-order valence-corrected chi connectivity index (χ2v) is 9.78. The Labute approximate surface area is 178 Å². The van der Waals surface area contributed by atoms with E-state index < -0.39 is 15.9 Å². The molecule has 1 aliphatic rings. The first-order valence-corrected chi connectivity index (χ1v) is 11.9. The smallest absolute Gasteiger partial charge is 0.276 e. The molecule has 0 aliphatic carbocycles. The minimum atomic E-state index is -3.72. The first kappa shape index (κ1) is 20.6. The summed E-state index contributed by atoms with van der Waals surface area (Å²) in [5.74, 6) is -0.182. The second kappa shape index (κ2) is 8.58. The van der Waals surface area contributed by atoms with Crippen molar-refractivity contribution in [1.29, 1.82) is 0 Å². The van der Waals surface area contributed by atoms with Gasteiger partial charge in [-0.1, -0.05) is 12.5 Å². The molecule has 0 bridgehead atoms. The Morgan fingerprint density at radius 1 is 1.20 bits per heavy atom. The van der Waals surface area contributed by atoms with Crippen LogP contribution in [0.5, 0.6) is 5.75 Å². The molecule has 0 unspecified atom stereocenters. The van der Waals surface area contributed by atoms with Crippen LogP contribution in [0.2, 0.25) is 0 Å². The maximum absolute atomic E-state index is 13.1. The molecule has 0 radical (unpaired) electrons. The van der Waals surface area contributed by atoms with Gasteiger partial charge in [0.1, 0.15) is 10.6 Å². The highest BCUT2D eigenvalue weighted by atomic mass is 32.2. The molecular formula is C20H22N4O4S2. The number of nitrogens with one attached hydrogen (secondary N) is 2. The number of carbonyl (C=O) groups excluding carboxylic acids is 1. The normalized spacial score (nSPS) is 15.1. The molecule has 3 heterocycles. The summed E-state index contributed by atoms with van der Waals surface area (Å²) in [5, 5.41) is 11.6. The van der Waals surface area contributed by atoms with E-state index in [-0.39, 0.29) is 16.3 Å². The number of sulfonamides is 1. The fourth-order valence-corrected chi connectivity index (χ4v) is 5.78. The van der Waals surface area contributed by atoms with E-state index in [1.54, 1.807) is 18.2 Å². The summed E-state index contributed by atoms with van der Waals surface area (Å²) in [5.41, 5.74) is 1.32. The Morgan fingerprint density at radius 2 is 2.00 bits per heavy atom. The van der Waals surface area contributed by atoms with E-state index in [2.05, 4.69) is 15.5 Å². The van der Waals surface area contributed by atoms with E-state index in [0.717, 1.165) is 29.8 Å². The molecule has 1 fully saturated rings. The van der Waals surface area contributed by atoms with Crippen LogP contribution in [0, 0.1) is 0 Å². The summed E-state index contributed by atoms with van der Waals surface area (Å²) >= 11 is 1.54. The van der Waals surface area contributed by atoms with Crippen molar-refractivity contribution in [2.24, 2.45) is 0 Å². The Balaban J connectivity index is 1.58. The van der Waals surface area contributed by atoms with E-state index >= 15 is 0 Å². The average Bonchev–Trinajstić information content (AvgIpc) is 3.46. The number of hydrogen-bond acceptors (Lipinski definition) is 6. The van der Waals surface area contributed by atoms with Crippen LogP contribution in [0.4, 0.5) is 5.69 Å². The summed E-state index contributed by atoms with van der Waals surface area (Å²) < 4.78 is 33.0. The molecule has 1 aliphatic heterocycles. The first-order chi connectivity index (χ1) is 14.5. The van der Waals surface area contributed by atoms with Gasteiger partial charge in [-0.2, -0.15) is 9.40 Å². The van der Waals surface area contributed by atoms with Gasteiger partial charge in [0.15, 0.2) is 5.69 Å². The molecule has 1 amide bonds. The number of hydrogen-bond donors (Lipinski definition) is 2. The molecule has 3 aromatic rings. The zero-order chi connectivity index (χ0) is 21.1. The minimum absolute atomic E-state index is 0.0472. The van der Waals surface area contributed by atoms with E-state index in [1.165, 1.54) is 28.8 Å². The fraction of sp³-hybridized carbons (Fsp3) is 0.300. The molecule has 2 aromatic heterocycles. The molecule has 2 N–H and O–H groups in total. The number of carbonyl (C=O) groups is 1. The zero-order valence-electron chi connectivity index (χ0n) is 16.4. The predicted molar refractivity (Wildman–Crippen MR) is 115 cm³/mol. The Morgan fingerprint density at radius 3 is 2.70 bits per heavy atom. The van der Waals surface area contributed by atoms with Crippen molar-refractivity contribution in [3.8, 4) is 16.3 Å². The number of aromatic nitrogens is 2. The lowest BCUT2D eigenvalue weighted by Crippen LogP contribution is -2.35. The minimum Gasteiger partial charge on any atom is -0.495 e. The largest absolute Gasteiger partial charge is 0.495 e. The van der Waals surface area contributed by atoms with Gasteiger partial charge < -0.3 is 10.1 Å². The Kier molecular flexibility index (Phi) is 5.89. The monoisotopic (exact) mass is 446 g/mol. The number of thiophene rings is 1. The van der Waals surface area contributed by atoms with Crippen LogP contribution >= 0.6 is 11.3 Å². The van der Waals surface area contributed by atoms with Crippen molar-refractivity contribution < 1.29 is 17.9 Å². The zero-order valence-corrected chi connectivity index (χ0v) is 18.1. The van der Waals surface area contributed by atoms with E-state index in [0.29, 0.717) is 18.8 Å². The number of H-pyrrole nitrogens is 1. The van der Waals surface area contributed by atoms with Crippen LogP contribution in [-0.4, -0.2) is 49.0 Å². The highest BCUT2D eigenvalue weighted by Crippen LogP contribution is 2.31. The summed E-state index contributed by atoms with van der Waals surface area (Å²) in [6, 6.07) is 10.1. The number of anilines is 1. The van der Waals surface area contributed by atoms with Crippen LogP contribution in [0.15, 0.2) is 46.7 Å². The summed E-state index contributed by atoms with van der Waals surface area (Å²) in [6.45, 7) is 0.974. The third kappa shape index (κ3) is 4.11. The number of aromatic amines is 1.